The molecule has 0 aliphatic heterocycles. The van der Waals surface area contributed by atoms with Crippen LogP contribution in [0.2, 0.25) is 5.02 Å². The molecule has 2 amide bonds. The second-order valence-electron chi connectivity index (χ2n) is 11.5. The highest BCUT2D eigenvalue weighted by atomic mass is 35.5. The van der Waals surface area contributed by atoms with Gasteiger partial charge >= 0.3 is 0 Å². The van der Waals surface area contributed by atoms with E-state index in [2.05, 4.69) is 28.5 Å². The Morgan fingerprint density at radius 2 is 1.63 bits per heavy atom. The summed E-state index contributed by atoms with van der Waals surface area (Å²) in [6.07, 6.45) is 6.94. The normalized spacial score (nSPS) is 16.2. The fourth-order valence-corrected chi connectivity index (χ4v) is 7.69. The van der Waals surface area contributed by atoms with E-state index in [0.29, 0.717) is 27.9 Å². The number of nitrogens with zero attached hydrogens (tertiary/aromatic N) is 2. The van der Waals surface area contributed by atoms with Gasteiger partial charge in [0.2, 0.25) is 5.91 Å². The third kappa shape index (κ3) is 7.03. The summed E-state index contributed by atoms with van der Waals surface area (Å²) >= 11 is 8.27. The van der Waals surface area contributed by atoms with Crippen LogP contribution in [-0.2, 0) is 17.8 Å². The Hall–Kier alpha value is -4.40. The van der Waals surface area contributed by atoms with Crippen molar-refractivity contribution in [2.45, 2.75) is 50.7 Å². The maximum absolute atomic E-state index is 14.3. The molecule has 0 radical (unpaired) electrons. The highest BCUT2D eigenvalue weighted by Crippen LogP contribution is 2.38. The molecule has 5 aromatic rings. The molecule has 1 fully saturated rings. The maximum atomic E-state index is 14.3. The lowest BCUT2D eigenvalue weighted by Crippen LogP contribution is -2.46. The van der Waals surface area contributed by atoms with Gasteiger partial charge in [-0.3, -0.25) is 14.6 Å². The number of amides is 2. The second-order valence-corrected chi connectivity index (χ2v) is 13.0. The van der Waals surface area contributed by atoms with E-state index in [1.54, 1.807) is 26.6 Å². The minimum absolute atomic E-state index is 0.0114. The SMILES string of the molecule is COc1ccc(CC(=O)NC2CCC(N(Cc3cccc(-c4ccncc4)c3)C(=O)c3sc4ccccc4c3Cl)CC2)cc1OC. The number of carbonyl (C=O) groups excluding carboxylic acids is 2. The standard InChI is InChI=1S/C37H36ClN3O4S/c1-44-31-15-10-24(21-32(31)45-2)22-34(42)40-28-11-13-29(14-12-28)41(37(43)36-35(38)30-8-3-4-9-33(30)46-36)23-25-6-5-7-27(20-25)26-16-18-39-19-17-26/h3-10,15-21,28-29H,11-14,22-23H2,1-2H3,(H,40,42). The Kier molecular flexibility index (Phi) is 9.85. The number of nitrogens with one attached hydrogen (secondary N) is 1. The number of carbonyl (C=O) groups is 2. The second kappa shape index (κ2) is 14.4. The number of benzene rings is 3. The van der Waals surface area contributed by atoms with Crippen LogP contribution in [-0.4, -0.2) is 48.0 Å². The molecule has 1 aliphatic rings. The molecule has 3 aromatic carbocycles. The number of thiophene rings is 1. The minimum Gasteiger partial charge on any atom is -0.493 e. The van der Waals surface area contributed by atoms with Gasteiger partial charge in [0, 0.05) is 41.1 Å². The van der Waals surface area contributed by atoms with Gasteiger partial charge < -0.3 is 19.7 Å². The van der Waals surface area contributed by atoms with Gasteiger partial charge in [-0.1, -0.05) is 54.1 Å². The van der Waals surface area contributed by atoms with Crippen LogP contribution < -0.4 is 14.8 Å². The predicted molar refractivity (Wildman–Crippen MR) is 184 cm³/mol. The maximum Gasteiger partial charge on any atom is 0.266 e. The van der Waals surface area contributed by atoms with Crippen molar-refractivity contribution < 1.29 is 19.1 Å². The smallest absolute Gasteiger partial charge is 0.266 e. The molecule has 1 N–H and O–H groups in total. The van der Waals surface area contributed by atoms with Crippen molar-refractivity contribution in [2.75, 3.05) is 14.2 Å². The molecule has 0 bridgehead atoms. The van der Waals surface area contributed by atoms with E-state index >= 15 is 0 Å². The highest BCUT2D eigenvalue weighted by Gasteiger charge is 2.32. The van der Waals surface area contributed by atoms with Gasteiger partial charge in [0.05, 0.1) is 25.7 Å². The minimum atomic E-state index is -0.0542. The quantitative estimate of drug-likeness (QED) is 0.165. The van der Waals surface area contributed by atoms with Crippen LogP contribution in [0.3, 0.4) is 0 Å². The molecule has 2 heterocycles. The number of rotatable bonds is 10. The van der Waals surface area contributed by atoms with Gasteiger partial charge in [-0.25, -0.2) is 0 Å². The monoisotopic (exact) mass is 653 g/mol. The number of fused-ring (bicyclic) bond motifs is 1. The average Bonchev–Trinajstić information content (AvgIpc) is 3.44. The van der Waals surface area contributed by atoms with Gasteiger partial charge in [0.25, 0.3) is 5.91 Å². The van der Waals surface area contributed by atoms with Crippen LogP contribution in [0.15, 0.2) is 91.3 Å². The van der Waals surface area contributed by atoms with E-state index in [-0.39, 0.29) is 30.3 Å². The predicted octanol–water partition coefficient (Wildman–Crippen LogP) is 7.95. The zero-order chi connectivity index (χ0) is 32.0. The third-order valence-corrected chi connectivity index (χ3v) is 10.3. The molecular formula is C37H36ClN3O4S. The van der Waals surface area contributed by atoms with Crippen LogP contribution in [0.4, 0.5) is 0 Å². The van der Waals surface area contributed by atoms with E-state index in [9.17, 15) is 9.59 Å². The summed E-state index contributed by atoms with van der Waals surface area (Å²) in [5.74, 6) is 1.14. The number of ether oxygens (including phenoxy) is 2. The van der Waals surface area contributed by atoms with Crippen molar-refractivity contribution in [1.29, 1.82) is 0 Å². The molecule has 0 saturated heterocycles. The largest absolute Gasteiger partial charge is 0.493 e. The first-order valence-corrected chi connectivity index (χ1v) is 16.6. The summed E-state index contributed by atoms with van der Waals surface area (Å²) in [5.41, 5.74) is 4.06. The van der Waals surface area contributed by atoms with Crippen molar-refractivity contribution >= 4 is 44.8 Å². The van der Waals surface area contributed by atoms with E-state index in [4.69, 9.17) is 21.1 Å². The van der Waals surface area contributed by atoms with E-state index in [1.807, 2.05) is 65.6 Å². The van der Waals surface area contributed by atoms with E-state index in [1.165, 1.54) is 11.3 Å². The number of halogens is 1. The number of aromatic nitrogens is 1. The zero-order valence-corrected chi connectivity index (χ0v) is 27.4. The Labute approximate surface area is 278 Å². The Bertz CT molecular complexity index is 1840. The molecule has 7 nitrogen and oxygen atoms in total. The van der Waals surface area contributed by atoms with Crippen molar-refractivity contribution in [3.63, 3.8) is 0 Å². The molecule has 2 aromatic heterocycles. The van der Waals surface area contributed by atoms with Gasteiger partial charge in [-0.15, -0.1) is 11.3 Å². The average molecular weight is 654 g/mol. The fourth-order valence-electron chi connectivity index (χ4n) is 6.23. The number of pyridine rings is 1. The summed E-state index contributed by atoms with van der Waals surface area (Å²) in [4.78, 5) is 34.0. The third-order valence-electron chi connectivity index (χ3n) is 8.60. The van der Waals surface area contributed by atoms with E-state index in [0.717, 1.165) is 58.0 Å². The molecule has 1 saturated carbocycles. The Morgan fingerprint density at radius 1 is 0.870 bits per heavy atom. The number of methoxy groups -OCH3 is 2. The molecule has 236 valence electrons. The number of hydrogen-bond acceptors (Lipinski definition) is 6. The Balaban J connectivity index is 1.18. The van der Waals surface area contributed by atoms with E-state index < -0.39 is 0 Å². The van der Waals surface area contributed by atoms with Crippen molar-refractivity contribution in [2.24, 2.45) is 0 Å². The van der Waals surface area contributed by atoms with Crippen LogP contribution in [0, 0.1) is 0 Å². The van der Waals surface area contributed by atoms with Crippen LogP contribution in [0.5, 0.6) is 11.5 Å². The summed E-state index contributed by atoms with van der Waals surface area (Å²) in [6, 6.07) is 25.7. The van der Waals surface area contributed by atoms with Crippen LogP contribution in [0.25, 0.3) is 21.2 Å². The van der Waals surface area contributed by atoms with Gasteiger partial charge in [-0.05, 0) is 84.3 Å². The molecular weight excluding hydrogens is 618 g/mol. The molecule has 46 heavy (non-hydrogen) atoms. The van der Waals surface area contributed by atoms with Gasteiger partial charge in [0.15, 0.2) is 11.5 Å². The van der Waals surface area contributed by atoms with Gasteiger partial charge in [-0.2, -0.15) is 0 Å². The van der Waals surface area contributed by atoms with Crippen molar-refractivity contribution in [3.05, 3.63) is 112 Å². The molecule has 6 rings (SSSR count). The summed E-state index contributed by atoms with van der Waals surface area (Å²) < 4.78 is 11.7. The first kappa shape index (κ1) is 31.6. The summed E-state index contributed by atoms with van der Waals surface area (Å²) in [7, 11) is 3.17. The molecule has 0 spiro atoms. The molecule has 0 unspecified atom stereocenters. The highest BCUT2D eigenvalue weighted by molar-refractivity contribution is 7.21. The van der Waals surface area contributed by atoms with Crippen LogP contribution in [0.1, 0.15) is 46.5 Å². The van der Waals surface area contributed by atoms with Crippen molar-refractivity contribution in [3.8, 4) is 22.6 Å². The molecule has 1 aliphatic carbocycles. The summed E-state index contributed by atoms with van der Waals surface area (Å²) in [5, 5.41) is 4.63. The number of hydrogen-bond donors (Lipinski definition) is 1. The van der Waals surface area contributed by atoms with Crippen molar-refractivity contribution in [1.82, 2.24) is 15.2 Å². The van der Waals surface area contributed by atoms with Crippen LogP contribution >= 0.6 is 22.9 Å². The molecule has 9 heteroatoms. The molecule has 0 atom stereocenters. The summed E-state index contributed by atoms with van der Waals surface area (Å²) in [6.45, 7) is 0.462. The lowest BCUT2D eigenvalue weighted by Gasteiger charge is -2.37. The Morgan fingerprint density at radius 3 is 2.37 bits per heavy atom. The zero-order valence-electron chi connectivity index (χ0n) is 25.9. The first-order valence-electron chi connectivity index (χ1n) is 15.4. The lowest BCUT2D eigenvalue weighted by atomic mass is 9.89. The topological polar surface area (TPSA) is 80.8 Å². The lowest BCUT2D eigenvalue weighted by molar-refractivity contribution is -0.121. The van der Waals surface area contributed by atoms with Gasteiger partial charge in [0.1, 0.15) is 4.88 Å². The fraction of sp³-hybridized carbons (Fsp3) is 0.270. The first-order chi connectivity index (χ1) is 22.4.